The van der Waals surface area contributed by atoms with Gasteiger partial charge in [-0.25, -0.2) is 9.78 Å². The fraction of sp³-hybridized carbons (Fsp3) is 0.643. The number of hydrogen-bond donors (Lipinski definition) is 1. The summed E-state index contributed by atoms with van der Waals surface area (Å²) < 4.78 is 6.09. The lowest BCUT2D eigenvalue weighted by Gasteiger charge is -2.34. The molecule has 0 unspecified atom stereocenters. The van der Waals surface area contributed by atoms with Crippen molar-refractivity contribution < 1.29 is 9.53 Å². The number of carbonyl (C=O) groups excluding carboxylic acids is 1. The molecule has 1 amide bonds. The molecule has 8 heteroatoms. The van der Waals surface area contributed by atoms with Crippen LogP contribution in [0, 0.1) is 0 Å². The molecular weight excluding hydrogens is 372 g/mol. The molecule has 122 valence electrons. The van der Waals surface area contributed by atoms with E-state index >= 15 is 0 Å². The first kappa shape index (κ1) is 17.3. The third-order valence-corrected chi connectivity index (χ3v) is 3.88. The predicted octanol–water partition coefficient (Wildman–Crippen LogP) is 3.39. The normalized spacial score (nSPS) is 19.0. The Morgan fingerprint density at radius 3 is 2.95 bits per heavy atom. The maximum Gasteiger partial charge on any atom is 0.407 e. The molecule has 1 aromatic rings. The van der Waals surface area contributed by atoms with Crippen molar-refractivity contribution in [1.82, 2.24) is 15.3 Å². The number of anilines is 1. The van der Waals surface area contributed by atoms with Crippen LogP contribution in [0.2, 0.25) is 5.28 Å². The standard InChI is InChI=1S/C14H20BrClN4O2/c1-14(2,3)22-13(21)18-9-5-4-6-20(8-9)11-10(15)7-17-12(16)19-11/h7,9H,4-6,8H2,1-3H3,(H,18,21)/t9-/m1/s1. The minimum absolute atomic E-state index is 0.0178. The van der Waals surface area contributed by atoms with E-state index in [1.165, 1.54) is 0 Å². The zero-order valence-electron chi connectivity index (χ0n) is 12.9. The van der Waals surface area contributed by atoms with Crippen molar-refractivity contribution in [3.8, 4) is 0 Å². The van der Waals surface area contributed by atoms with Crippen molar-refractivity contribution in [2.24, 2.45) is 0 Å². The van der Waals surface area contributed by atoms with Gasteiger partial charge in [0.05, 0.1) is 4.47 Å². The lowest BCUT2D eigenvalue weighted by atomic mass is 10.1. The van der Waals surface area contributed by atoms with Crippen molar-refractivity contribution in [1.29, 1.82) is 0 Å². The minimum atomic E-state index is -0.498. The van der Waals surface area contributed by atoms with Gasteiger partial charge in [-0.1, -0.05) is 0 Å². The van der Waals surface area contributed by atoms with Crippen LogP contribution in [0.4, 0.5) is 10.6 Å². The number of nitrogens with one attached hydrogen (secondary N) is 1. The number of amides is 1. The lowest BCUT2D eigenvalue weighted by Crippen LogP contribution is -2.49. The quantitative estimate of drug-likeness (QED) is 0.783. The van der Waals surface area contributed by atoms with Crippen molar-refractivity contribution in [2.45, 2.75) is 45.3 Å². The molecular formula is C14H20BrClN4O2. The Balaban J connectivity index is 2.00. The van der Waals surface area contributed by atoms with Gasteiger partial charge in [0.2, 0.25) is 5.28 Å². The Morgan fingerprint density at radius 1 is 1.55 bits per heavy atom. The van der Waals surface area contributed by atoms with Gasteiger partial charge < -0.3 is 15.0 Å². The number of nitrogens with zero attached hydrogens (tertiary/aromatic N) is 3. The number of hydrogen-bond acceptors (Lipinski definition) is 5. The van der Waals surface area contributed by atoms with E-state index in [1.54, 1.807) is 6.20 Å². The van der Waals surface area contributed by atoms with Crippen LogP contribution in [0.15, 0.2) is 10.7 Å². The summed E-state index contributed by atoms with van der Waals surface area (Å²) in [6.07, 6.45) is 3.11. The van der Waals surface area contributed by atoms with E-state index in [-0.39, 0.29) is 17.4 Å². The fourth-order valence-corrected chi connectivity index (χ4v) is 2.89. The van der Waals surface area contributed by atoms with Crippen LogP contribution in [0.1, 0.15) is 33.6 Å². The number of piperidine rings is 1. The van der Waals surface area contributed by atoms with Gasteiger partial charge in [0.15, 0.2) is 0 Å². The van der Waals surface area contributed by atoms with Crippen LogP contribution in [0.5, 0.6) is 0 Å². The molecule has 22 heavy (non-hydrogen) atoms. The summed E-state index contributed by atoms with van der Waals surface area (Å²) in [5.74, 6) is 0.746. The first-order valence-electron chi connectivity index (χ1n) is 7.17. The van der Waals surface area contributed by atoms with Crippen molar-refractivity contribution in [3.63, 3.8) is 0 Å². The van der Waals surface area contributed by atoms with Crippen LogP contribution in [-0.4, -0.2) is 40.8 Å². The molecule has 1 N–H and O–H groups in total. The van der Waals surface area contributed by atoms with Crippen LogP contribution >= 0.6 is 27.5 Å². The van der Waals surface area contributed by atoms with Crippen LogP contribution in [0.25, 0.3) is 0 Å². The first-order chi connectivity index (χ1) is 10.2. The molecule has 0 bridgehead atoms. The SMILES string of the molecule is CC(C)(C)OC(=O)N[C@@H]1CCCN(c2nc(Cl)ncc2Br)C1. The number of ether oxygens (including phenoxy) is 1. The maximum absolute atomic E-state index is 11.9. The zero-order chi connectivity index (χ0) is 16.3. The lowest BCUT2D eigenvalue weighted by molar-refractivity contribution is 0.0500. The molecule has 0 spiro atoms. The number of halogens is 2. The minimum Gasteiger partial charge on any atom is -0.444 e. The number of alkyl carbamates (subject to hydrolysis) is 1. The third-order valence-electron chi connectivity index (χ3n) is 3.14. The number of carbonyl (C=O) groups is 1. The fourth-order valence-electron chi connectivity index (χ4n) is 2.32. The van der Waals surface area contributed by atoms with Gasteiger partial charge >= 0.3 is 6.09 Å². The van der Waals surface area contributed by atoms with Gasteiger partial charge in [-0.3, -0.25) is 0 Å². The summed E-state index contributed by atoms with van der Waals surface area (Å²) >= 11 is 9.31. The maximum atomic E-state index is 11.9. The van der Waals surface area contributed by atoms with Crippen molar-refractivity contribution >= 4 is 39.4 Å². The summed E-state index contributed by atoms with van der Waals surface area (Å²) in [4.78, 5) is 22.2. The van der Waals surface area contributed by atoms with Crippen LogP contribution in [0.3, 0.4) is 0 Å². The summed E-state index contributed by atoms with van der Waals surface area (Å²) in [6.45, 7) is 7.06. The largest absolute Gasteiger partial charge is 0.444 e. The summed E-state index contributed by atoms with van der Waals surface area (Å²) in [5, 5.41) is 3.12. The van der Waals surface area contributed by atoms with Gasteiger partial charge in [-0.2, -0.15) is 4.98 Å². The Kier molecular flexibility index (Phi) is 5.50. The van der Waals surface area contributed by atoms with E-state index in [9.17, 15) is 4.79 Å². The second-order valence-electron chi connectivity index (χ2n) is 6.24. The third kappa shape index (κ3) is 4.98. The van der Waals surface area contributed by atoms with Gasteiger partial charge in [-0.05, 0) is 61.1 Å². The number of rotatable bonds is 2. The number of aromatic nitrogens is 2. The van der Waals surface area contributed by atoms with Crippen molar-refractivity contribution in [3.05, 3.63) is 16.0 Å². The molecule has 6 nitrogen and oxygen atoms in total. The molecule has 1 aliphatic heterocycles. The van der Waals surface area contributed by atoms with E-state index in [0.717, 1.165) is 29.7 Å². The van der Waals surface area contributed by atoms with Crippen LogP contribution < -0.4 is 10.2 Å². The monoisotopic (exact) mass is 390 g/mol. The van der Waals surface area contributed by atoms with Crippen LogP contribution in [-0.2, 0) is 4.74 Å². The Bertz CT molecular complexity index is 550. The van der Waals surface area contributed by atoms with E-state index < -0.39 is 5.60 Å². The summed E-state index contributed by atoms with van der Waals surface area (Å²) in [5.41, 5.74) is -0.498. The van der Waals surface area contributed by atoms with Gasteiger partial charge in [0.25, 0.3) is 0 Å². The Morgan fingerprint density at radius 2 is 2.27 bits per heavy atom. The molecule has 1 saturated heterocycles. The Labute approximate surface area is 143 Å². The van der Waals surface area contributed by atoms with Gasteiger partial charge in [-0.15, -0.1) is 0 Å². The highest BCUT2D eigenvalue weighted by molar-refractivity contribution is 9.10. The van der Waals surface area contributed by atoms with Gasteiger partial charge in [0, 0.05) is 25.3 Å². The van der Waals surface area contributed by atoms with E-state index in [2.05, 4.69) is 36.1 Å². The molecule has 0 aromatic carbocycles. The molecule has 1 fully saturated rings. The molecule has 1 atom stereocenters. The topological polar surface area (TPSA) is 67.3 Å². The molecule has 2 heterocycles. The second kappa shape index (κ2) is 7.00. The predicted molar refractivity (Wildman–Crippen MR) is 89.3 cm³/mol. The average molecular weight is 392 g/mol. The average Bonchev–Trinajstić information content (AvgIpc) is 2.39. The van der Waals surface area contributed by atoms with Gasteiger partial charge in [0.1, 0.15) is 11.4 Å². The van der Waals surface area contributed by atoms with E-state index in [4.69, 9.17) is 16.3 Å². The summed E-state index contributed by atoms with van der Waals surface area (Å²) in [6, 6.07) is 0.0178. The van der Waals surface area contributed by atoms with Crippen molar-refractivity contribution in [2.75, 3.05) is 18.0 Å². The molecule has 1 aliphatic rings. The zero-order valence-corrected chi connectivity index (χ0v) is 15.2. The molecule has 0 radical (unpaired) electrons. The molecule has 1 aromatic heterocycles. The Hall–Kier alpha value is -1.08. The summed E-state index contributed by atoms with van der Waals surface area (Å²) in [7, 11) is 0. The smallest absolute Gasteiger partial charge is 0.407 e. The highest BCUT2D eigenvalue weighted by Gasteiger charge is 2.26. The van der Waals surface area contributed by atoms with E-state index in [0.29, 0.717) is 6.54 Å². The molecule has 0 saturated carbocycles. The molecule has 0 aliphatic carbocycles. The second-order valence-corrected chi connectivity index (χ2v) is 7.43. The van der Waals surface area contributed by atoms with E-state index in [1.807, 2.05) is 20.8 Å². The highest BCUT2D eigenvalue weighted by Crippen LogP contribution is 2.27. The molecule has 2 rings (SSSR count). The highest BCUT2D eigenvalue weighted by atomic mass is 79.9. The first-order valence-corrected chi connectivity index (χ1v) is 8.34.